The fourth-order valence-electron chi connectivity index (χ4n) is 2.13. The Morgan fingerprint density at radius 1 is 1.03 bits per heavy atom. The summed E-state index contributed by atoms with van der Waals surface area (Å²) < 4.78 is 45.1. The molecule has 0 spiro atoms. The van der Waals surface area contributed by atoms with E-state index < -0.39 is 12.3 Å². The monoisotopic (exact) mass is 438 g/mol. The number of alkyl halides is 3. The van der Waals surface area contributed by atoms with Gasteiger partial charge in [-0.15, -0.1) is 23.4 Å². The summed E-state index contributed by atoms with van der Waals surface area (Å²) in [6.07, 6.45) is -3.41. The molecule has 12 heteroatoms. The number of aromatic nitrogens is 2. The van der Waals surface area contributed by atoms with E-state index in [0.29, 0.717) is 10.7 Å². The Morgan fingerprint density at radius 2 is 1.80 bits per heavy atom. The summed E-state index contributed by atoms with van der Waals surface area (Å²) >= 11 is 1.09. The Bertz CT molecular complexity index is 994. The van der Waals surface area contributed by atoms with Gasteiger partial charge in [0.15, 0.2) is 11.6 Å². The summed E-state index contributed by atoms with van der Waals surface area (Å²) in [4.78, 5) is 23.8. The number of carbonyl (C=O) groups is 2. The number of hydrogen-bond acceptors (Lipinski definition) is 7. The summed E-state index contributed by atoms with van der Waals surface area (Å²) in [5, 5.41) is 13.2. The lowest BCUT2D eigenvalue weighted by Crippen LogP contribution is -2.17. The maximum absolute atomic E-state index is 12.1. The molecule has 2 N–H and O–H groups in total. The highest BCUT2D eigenvalue weighted by molar-refractivity contribution is 7.99. The molecule has 0 fully saturated rings. The molecule has 2 aromatic heterocycles. The van der Waals surface area contributed by atoms with Crippen LogP contribution in [0.5, 0.6) is 5.75 Å². The van der Waals surface area contributed by atoms with Gasteiger partial charge in [0.25, 0.3) is 5.91 Å². The van der Waals surface area contributed by atoms with Crippen LogP contribution in [-0.4, -0.2) is 34.1 Å². The zero-order valence-electron chi connectivity index (χ0n) is 15.0. The van der Waals surface area contributed by atoms with Crippen molar-refractivity contribution in [3.05, 3.63) is 60.6 Å². The first-order valence-electron chi connectivity index (χ1n) is 8.25. The highest BCUT2D eigenvalue weighted by Crippen LogP contribution is 2.24. The molecule has 0 aliphatic heterocycles. The van der Waals surface area contributed by atoms with Gasteiger partial charge >= 0.3 is 6.36 Å². The molecule has 3 rings (SSSR count). The molecule has 0 unspecified atom stereocenters. The van der Waals surface area contributed by atoms with Gasteiger partial charge in [-0.25, -0.2) is 0 Å². The van der Waals surface area contributed by atoms with Gasteiger partial charge in [0, 0.05) is 5.69 Å². The van der Waals surface area contributed by atoms with E-state index in [1.54, 1.807) is 12.1 Å². The average molecular weight is 438 g/mol. The standard InChI is InChI=1S/C18H13F3N4O4S/c19-18(20,21)29-12-5-3-11(4-6-12)22-15(26)10-30-16-8-7-14(24-25-16)23-17(27)13-2-1-9-28-13/h1-9H,10H2,(H,22,26)(H,23,24,27). The number of benzene rings is 1. The Kier molecular flexibility index (Phi) is 6.57. The van der Waals surface area contributed by atoms with Gasteiger partial charge in [0.05, 0.1) is 12.0 Å². The fourth-order valence-corrected chi connectivity index (χ4v) is 2.74. The van der Waals surface area contributed by atoms with Crippen molar-refractivity contribution >= 4 is 35.1 Å². The first kappa shape index (κ1) is 21.2. The van der Waals surface area contributed by atoms with Crippen LogP contribution in [0.4, 0.5) is 24.7 Å². The molecule has 8 nitrogen and oxygen atoms in total. The number of nitrogens with one attached hydrogen (secondary N) is 2. The van der Waals surface area contributed by atoms with Crippen molar-refractivity contribution < 1.29 is 31.9 Å². The number of nitrogens with zero attached hydrogens (tertiary/aromatic N) is 2. The molecule has 0 saturated heterocycles. The maximum atomic E-state index is 12.1. The third-order valence-corrected chi connectivity index (χ3v) is 4.27. The molecule has 2 heterocycles. The second-order valence-electron chi connectivity index (χ2n) is 5.60. The largest absolute Gasteiger partial charge is 0.573 e. The lowest BCUT2D eigenvalue weighted by Gasteiger charge is -2.10. The van der Waals surface area contributed by atoms with Crippen molar-refractivity contribution in [3.8, 4) is 5.75 Å². The van der Waals surface area contributed by atoms with Crippen molar-refractivity contribution in [3.63, 3.8) is 0 Å². The van der Waals surface area contributed by atoms with Crippen LogP contribution in [0.15, 0.2) is 64.2 Å². The molecule has 0 atom stereocenters. The topological polar surface area (TPSA) is 106 Å². The summed E-state index contributed by atoms with van der Waals surface area (Å²) in [5.74, 6) is -0.906. The highest BCUT2D eigenvalue weighted by Gasteiger charge is 2.30. The summed E-state index contributed by atoms with van der Waals surface area (Å²) in [5.41, 5.74) is 0.317. The van der Waals surface area contributed by atoms with Crippen LogP contribution in [0.1, 0.15) is 10.6 Å². The Hall–Kier alpha value is -3.54. The zero-order valence-corrected chi connectivity index (χ0v) is 15.8. The van der Waals surface area contributed by atoms with E-state index in [4.69, 9.17) is 4.42 Å². The molecule has 0 aliphatic rings. The zero-order chi connectivity index (χ0) is 21.6. The number of furan rings is 1. The molecule has 1 aromatic carbocycles. The van der Waals surface area contributed by atoms with Crippen LogP contribution in [-0.2, 0) is 4.79 Å². The third kappa shape index (κ3) is 6.51. The fraction of sp³-hybridized carbons (Fsp3) is 0.111. The van der Waals surface area contributed by atoms with Gasteiger partial charge in [0.2, 0.25) is 5.91 Å². The summed E-state index contributed by atoms with van der Waals surface area (Å²) in [7, 11) is 0. The number of amides is 2. The van der Waals surface area contributed by atoms with E-state index in [-0.39, 0.29) is 29.0 Å². The van der Waals surface area contributed by atoms with Crippen molar-refractivity contribution in [2.75, 3.05) is 16.4 Å². The molecule has 30 heavy (non-hydrogen) atoms. The van der Waals surface area contributed by atoms with E-state index in [2.05, 4.69) is 25.6 Å². The number of rotatable bonds is 7. The minimum Gasteiger partial charge on any atom is -0.459 e. The first-order chi connectivity index (χ1) is 14.3. The van der Waals surface area contributed by atoms with E-state index in [0.717, 1.165) is 23.9 Å². The maximum Gasteiger partial charge on any atom is 0.573 e. The summed E-state index contributed by atoms with van der Waals surface area (Å²) in [6.45, 7) is 0. The van der Waals surface area contributed by atoms with E-state index >= 15 is 0 Å². The minimum atomic E-state index is -4.78. The number of ether oxygens (including phenoxy) is 1. The number of thioether (sulfide) groups is 1. The van der Waals surface area contributed by atoms with Gasteiger partial charge in [0.1, 0.15) is 10.8 Å². The van der Waals surface area contributed by atoms with Crippen molar-refractivity contribution in [2.45, 2.75) is 11.4 Å². The molecule has 2 amide bonds. The molecule has 0 radical (unpaired) electrons. The average Bonchev–Trinajstić information content (AvgIpc) is 3.23. The van der Waals surface area contributed by atoms with Crippen LogP contribution >= 0.6 is 11.8 Å². The van der Waals surface area contributed by atoms with Crippen LogP contribution in [0.3, 0.4) is 0 Å². The second-order valence-corrected chi connectivity index (χ2v) is 6.59. The van der Waals surface area contributed by atoms with Crippen LogP contribution in [0.25, 0.3) is 0 Å². The lowest BCUT2D eigenvalue weighted by atomic mass is 10.3. The molecule has 0 bridgehead atoms. The first-order valence-corrected chi connectivity index (χ1v) is 9.24. The lowest BCUT2D eigenvalue weighted by molar-refractivity contribution is -0.274. The van der Waals surface area contributed by atoms with Gasteiger partial charge in [-0.1, -0.05) is 11.8 Å². The van der Waals surface area contributed by atoms with Crippen molar-refractivity contribution in [1.29, 1.82) is 0 Å². The normalized spacial score (nSPS) is 11.0. The van der Waals surface area contributed by atoms with Gasteiger partial charge in [-0.3, -0.25) is 9.59 Å². The molecule has 3 aromatic rings. The van der Waals surface area contributed by atoms with Crippen LogP contribution in [0.2, 0.25) is 0 Å². The predicted octanol–water partition coefficient (Wildman–Crippen LogP) is 3.95. The smallest absolute Gasteiger partial charge is 0.459 e. The quantitative estimate of drug-likeness (QED) is 0.538. The van der Waals surface area contributed by atoms with Crippen molar-refractivity contribution in [1.82, 2.24) is 10.2 Å². The molecule has 0 aliphatic carbocycles. The number of hydrogen-bond donors (Lipinski definition) is 2. The van der Waals surface area contributed by atoms with Gasteiger partial charge < -0.3 is 19.8 Å². The number of carbonyl (C=O) groups excluding carboxylic acids is 2. The van der Waals surface area contributed by atoms with Crippen LogP contribution in [0, 0.1) is 0 Å². The van der Waals surface area contributed by atoms with E-state index in [1.807, 2.05) is 0 Å². The number of anilines is 2. The summed E-state index contributed by atoms with van der Waals surface area (Å²) in [6, 6.07) is 11.0. The van der Waals surface area contributed by atoms with E-state index in [9.17, 15) is 22.8 Å². The van der Waals surface area contributed by atoms with Gasteiger partial charge in [-0.05, 0) is 48.5 Å². The molecule has 0 saturated carbocycles. The van der Waals surface area contributed by atoms with Crippen molar-refractivity contribution in [2.24, 2.45) is 0 Å². The minimum absolute atomic E-state index is 0.00637. The Labute approximate surface area is 171 Å². The van der Waals surface area contributed by atoms with E-state index in [1.165, 1.54) is 30.5 Å². The highest BCUT2D eigenvalue weighted by atomic mass is 32.2. The third-order valence-electron chi connectivity index (χ3n) is 3.35. The molecule has 156 valence electrons. The molecular formula is C18H13F3N4O4S. The molecular weight excluding hydrogens is 425 g/mol. The SMILES string of the molecule is O=C(CSc1ccc(NC(=O)c2ccco2)nn1)Nc1ccc(OC(F)(F)F)cc1. The number of halogens is 3. The second kappa shape index (κ2) is 9.31. The Morgan fingerprint density at radius 3 is 2.40 bits per heavy atom. The predicted molar refractivity (Wildman–Crippen MR) is 101 cm³/mol. The Balaban J connectivity index is 1.46. The van der Waals surface area contributed by atoms with Crippen LogP contribution < -0.4 is 15.4 Å². The van der Waals surface area contributed by atoms with Gasteiger partial charge in [-0.2, -0.15) is 0 Å².